The van der Waals surface area contributed by atoms with Gasteiger partial charge in [0.15, 0.2) is 0 Å². The average Bonchev–Trinajstić information content (AvgIpc) is 3.63. The number of ether oxygens (including phenoxy) is 1. The van der Waals surface area contributed by atoms with Gasteiger partial charge < -0.3 is 20.5 Å². The first kappa shape index (κ1) is 25.1. The smallest absolute Gasteiger partial charge is 0.407 e. The number of aliphatic carboxylic acids is 1. The lowest BCUT2D eigenvalue weighted by Gasteiger charge is -2.21. The molecule has 2 amide bonds. The Morgan fingerprint density at radius 3 is 2.26 bits per heavy atom. The standard InChI is InChI=1S/C27H32N2O5S/c1-35-13-12-24(25(30)28-15-18(26(31)32)14-17-10-11-17)29-27(33)34-16-23-21-8-4-2-6-19(21)20-7-3-5-9-22(20)23/h2-9,17-18,23-24H,10-16H2,1H3,(H,28,30)(H,29,33)(H,31,32). The average molecular weight is 497 g/mol. The predicted molar refractivity (Wildman–Crippen MR) is 136 cm³/mol. The summed E-state index contributed by atoms with van der Waals surface area (Å²) in [6, 6.07) is 15.4. The molecule has 2 aromatic rings. The largest absolute Gasteiger partial charge is 0.481 e. The summed E-state index contributed by atoms with van der Waals surface area (Å²) in [6.45, 7) is 0.228. The third-order valence-corrected chi connectivity index (χ3v) is 7.39. The topological polar surface area (TPSA) is 105 Å². The Morgan fingerprint density at radius 2 is 1.69 bits per heavy atom. The van der Waals surface area contributed by atoms with E-state index in [1.54, 1.807) is 11.8 Å². The van der Waals surface area contributed by atoms with Crippen LogP contribution in [0.2, 0.25) is 0 Å². The van der Waals surface area contributed by atoms with Gasteiger partial charge in [0, 0.05) is 12.5 Å². The lowest BCUT2D eigenvalue weighted by atomic mass is 9.98. The number of alkyl carbamates (subject to hydrolysis) is 1. The van der Waals surface area contributed by atoms with E-state index >= 15 is 0 Å². The van der Waals surface area contributed by atoms with E-state index in [0.29, 0.717) is 24.5 Å². The summed E-state index contributed by atoms with van der Waals surface area (Å²) in [4.78, 5) is 37.0. The second-order valence-corrected chi connectivity index (χ2v) is 10.2. The van der Waals surface area contributed by atoms with Crippen molar-refractivity contribution in [3.8, 4) is 11.1 Å². The molecule has 0 radical (unpaired) electrons. The molecule has 35 heavy (non-hydrogen) atoms. The summed E-state index contributed by atoms with van der Waals surface area (Å²) < 4.78 is 5.59. The van der Waals surface area contributed by atoms with Gasteiger partial charge in [-0.05, 0) is 53.0 Å². The first-order chi connectivity index (χ1) is 17.0. The lowest BCUT2D eigenvalue weighted by molar-refractivity contribution is -0.142. The Kier molecular flexibility index (Phi) is 8.33. The van der Waals surface area contributed by atoms with Crippen LogP contribution < -0.4 is 10.6 Å². The molecule has 0 bridgehead atoms. The Morgan fingerprint density at radius 1 is 1.06 bits per heavy atom. The number of benzene rings is 2. The SMILES string of the molecule is CSCCC(NC(=O)OCC1c2ccccc2-c2ccccc21)C(=O)NCC(CC1CC1)C(=O)O. The zero-order valence-electron chi connectivity index (χ0n) is 19.9. The van der Waals surface area contributed by atoms with Crippen LogP contribution in [-0.2, 0) is 14.3 Å². The van der Waals surface area contributed by atoms with Crippen LogP contribution in [-0.4, -0.2) is 54.3 Å². The summed E-state index contributed by atoms with van der Waals surface area (Å²) in [7, 11) is 0. The Hall–Kier alpha value is -3.00. The van der Waals surface area contributed by atoms with Gasteiger partial charge >= 0.3 is 12.1 Å². The summed E-state index contributed by atoms with van der Waals surface area (Å²) in [5.41, 5.74) is 4.53. The molecule has 8 heteroatoms. The number of rotatable bonds is 12. The molecule has 7 nitrogen and oxygen atoms in total. The highest BCUT2D eigenvalue weighted by Gasteiger charge is 2.31. The maximum Gasteiger partial charge on any atom is 0.407 e. The van der Waals surface area contributed by atoms with Crippen LogP contribution in [0, 0.1) is 11.8 Å². The van der Waals surface area contributed by atoms with Crippen molar-refractivity contribution < 1.29 is 24.2 Å². The van der Waals surface area contributed by atoms with Crippen molar-refractivity contribution in [3.63, 3.8) is 0 Å². The Labute approximate surface area is 210 Å². The predicted octanol–water partition coefficient (Wildman–Crippen LogP) is 4.26. The molecule has 0 spiro atoms. The fraction of sp³-hybridized carbons (Fsp3) is 0.444. The molecule has 0 aromatic heterocycles. The van der Waals surface area contributed by atoms with Crippen LogP contribution in [0.3, 0.4) is 0 Å². The van der Waals surface area contributed by atoms with Crippen molar-refractivity contribution in [2.45, 2.75) is 37.6 Å². The van der Waals surface area contributed by atoms with Gasteiger partial charge in [0.2, 0.25) is 5.91 Å². The summed E-state index contributed by atoms with van der Waals surface area (Å²) in [5, 5.41) is 14.9. The number of carboxylic acids is 1. The molecule has 2 aliphatic carbocycles. The zero-order valence-corrected chi connectivity index (χ0v) is 20.7. The molecule has 2 unspecified atom stereocenters. The van der Waals surface area contributed by atoms with E-state index in [9.17, 15) is 19.5 Å². The molecule has 186 valence electrons. The van der Waals surface area contributed by atoms with Gasteiger partial charge in [0.05, 0.1) is 5.92 Å². The van der Waals surface area contributed by atoms with Crippen LogP contribution in [0.15, 0.2) is 48.5 Å². The maximum atomic E-state index is 12.8. The minimum Gasteiger partial charge on any atom is -0.481 e. The van der Waals surface area contributed by atoms with E-state index in [2.05, 4.69) is 34.9 Å². The lowest BCUT2D eigenvalue weighted by Crippen LogP contribution is -2.48. The molecule has 2 aromatic carbocycles. The van der Waals surface area contributed by atoms with Crippen molar-refractivity contribution in [2.75, 3.05) is 25.2 Å². The molecule has 2 atom stereocenters. The number of hydrogen-bond donors (Lipinski definition) is 3. The molecule has 3 N–H and O–H groups in total. The minimum absolute atomic E-state index is 0.0623. The van der Waals surface area contributed by atoms with Gasteiger partial charge in [0.25, 0.3) is 0 Å². The summed E-state index contributed by atoms with van der Waals surface area (Å²) >= 11 is 1.57. The molecule has 0 heterocycles. The number of fused-ring (bicyclic) bond motifs is 3. The number of nitrogens with one attached hydrogen (secondary N) is 2. The highest BCUT2D eigenvalue weighted by molar-refractivity contribution is 7.98. The van der Waals surface area contributed by atoms with E-state index in [4.69, 9.17) is 4.74 Å². The van der Waals surface area contributed by atoms with Crippen LogP contribution >= 0.6 is 11.8 Å². The molecule has 0 saturated heterocycles. The molecule has 1 saturated carbocycles. The normalized spacial score (nSPS) is 16.0. The Bertz CT molecular complexity index is 1030. The number of carbonyl (C=O) groups is 3. The second-order valence-electron chi connectivity index (χ2n) is 9.26. The van der Waals surface area contributed by atoms with Gasteiger partial charge in [-0.15, -0.1) is 0 Å². The fourth-order valence-electron chi connectivity index (χ4n) is 4.66. The first-order valence-corrected chi connectivity index (χ1v) is 13.5. The maximum absolute atomic E-state index is 12.8. The minimum atomic E-state index is -0.901. The second kappa shape index (κ2) is 11.6. The molecular weight excluding hydrogens is 464 g/mol. The molecule has 4 rings (SSSR count). The van der Waals surface area contributed by atoms with Crippen LogP contribution in [0.4, 0.5) is 4.79 Å². The van der Waals surface area contributed by atoms with Crippen LogP contribution in [0.5, 0.6) is 0 Å². The van der Waals surface area contributed by atoms with Crippen molar-refractivity contribution in [1.29, 1.82) is 0 Å². The van der Waals surface area contributed by atoms with E-state index in [-0.39, 0.29) is 25.0 Å². The van der Waals surface area contributed by atoms with Crippen LogP contribution in [0.1, 0.15) is 42.7 Å². The van der Waals surface area contributed by atoms with E-state index < -0.39 is 24.0 Å². The number of amides is 2. The molecule has 1 fully saturated rings. The molecule has 0 aliphatic heterocycles. The van der Waals surface area contributed by atoms with Crippen molar-refractivity contribution in [1.82, 2.24) is 10.6 Å². The molecule has 2 aliphatic rings. The zero-order chi connectivity index (χ0) is 24.8. The highest BCUT2D eigenvalue weighted by Crippen LogP contribution is 2.44. The third-order valence-electron chi connectivity index (χ3n) is 6.75. The molecular formula is C27H32N2O5S. The summed E-state index contributed by atoms with van der Waals surface area (Å²) in [5.74, 6) is -0.838. The van der Waals surface area contributed by atoms with Gasteiger partial charge in [0.1, 0.15) is 12.6 Å². The van der Waals surface area contributed by atoms with E-state index in [1.165, 1.54) is 0 Å². The quantitative estimate of drug-likeness (QED) is 0.406. The van der Waals surface area contributed by atoms with E-state index in [0.717, 1.165) is 35.1 Å². The van der Waals surface area contributed by atoms with E-state index in [1.807, 2.05) is 30.5 Å². The number of hydrogen-bond acceptors (Lipinski definition) is 5. The number of carbonyl (C=O) groups excluding carboxylic acids is 2. The number of carboxylic acid groups (broad SMARTS) is 1. The Balaban J connectivity index is 1.34. The summed E-state index contributed by atoms with van der Waals surface area (Å²) in [6.07, 6.45) is 4.39. The third kappa shape index (κ3) is 6.36. The highest BCUT2D eigenvalue weighted by atomic mass is 32.2. The van der Waals surface area contributed by atoms with Crippen molar-refractivity contribution in [3.05, 3.63) is 59.7 Å². The van der Waals surface area contributed by atoms with Gasteiger partial charge in [-0.3, -0.25) is 9.59 Å². The monoisotopic (exact) mass is 496 g/mol. The van der Waals surface area contributed by atoms with Crippen molar-refractivity contribution in [2.24, 2.45) is 11.8 Å². The first-order valence-electron chi connectivity index (χ1n) is 12.1. The van der Waals surface area contributed by atoms with Gasteiger partial charge in [-0.1, -0.05) is 61.4 Å². The number of thioether (sulfide) groups is 1. The van der Waals surface area contributed by atoms with Crippen molar-refractivity contribution >= 4 is 29.7 Å². The van der Waals surface area contributed by atoms with Gasteiger partial charge in [-0.2, -0.15) is 11.8 Å². The fourth-order valence-corrected chi connectivity index (χ4v) is 5.13. The van der Waals surface area contributed by atoms with Crippen LogP contribution in [0.25, 0.3) is 11.1 Å². The van der Waals surface area contributed by atoms with Gasteiger partial charge in [-0.25, -0.2) is 4.79 Å².